The first-order valence-electron chi connectivity index (χ1n) is 4.17. The van der Waals surface area contributed by atoms with Crippen molar-refractivity contribution in [1.82, 2.24) is 4.90 Å². The van der Waals surface area contributed by atoms with E-state index in [2.05, 4.69) is 0 Å². The highest BCUT2D eigenvalue weighted by molar-refractivity contribution is 6.34. The average Bonchev–Trinajstić information content (AvgIpc) is 2.01. The van der Waals surface area contributed by atoms with Crippen molar-refractivity contribution < 1.29 is 9.90 Å². The summed E-state index contributed by atoms with van der Waals surface area (Å²) in [7, 11) is 3.62. The second-order valence-electron chi connectivity index (χ2n) is 3.33. The Morgan fingerprint density at radius 1 is 1.50 bits per heavy atom. The molecular formula is C10H12ClNO2. The van der Waals surface area contributed by atoms with Gasteiger partial charge in [-0.25, -0.2) is 0 Å². The van der Waals surface area contributed by atoms with Gasteiger partial charge in [-0.3, -0.25) is 4.79 Å². The summed E-state index contributed by atoms with van der Waals surface area (Å²) in [6.45, 7) is 0.310. The fourth-order valence-corrected chi connectivity index (χ4v) is 1.38. The van der Waals surface area contributed by atoms with Crippen LogP contribution in [-0.4, -0.2) is 36.4 Å². The molecule has 0 bridgehead atoms. The topological polar surface area (TPSA) is 40.5 Å². The minimum atomic E-state index is -0.0556. The van der Waals surface area contributed by atoms with E-state index < -0.39 is 0 Å². The zero-order chi connectivity index (χ0) is 10.7. The van der Waals surface area contributed by atoms with Crippen molar-refractivity contribution in [3.05, 3.63) is 28.8 Å². The van der Waals surface area contributed by atoms with Crippen LogP contribution in [0.4, 0.5) is 0 Å². The molecule has 0 saturated heterocycles. The summed E-state index contributed by atoms with van der Waals surface area (Å²) >= 11 is 5.81. The van der Waals surface area contributed by atoms with Crippen molar-refractivity contribution in [2.45, 2.75) is 0 Å². The summed E-state index contributed by atoms with van der Waals surface area (Å²) in [5.74, 6) is 0.0106. The van der Waals surface area contributed by atoms with Gasteiger partial charge in [-0.05, 0) is 32.3 Å². The minimum Gasteiger partial charge on any atom is -0.508 e. The third-order valence-electron chi connectivity index (χ3n) is 1.71. The zero-order valence-electron chi connectivity index (χ0n) is 8.12. The molecule has 0 atom stereocenters. The predicted octanol–water partition coefficient (Wildman–Crippen LogP) is 1.79. The van der Waals surface area contributed by atoms with Crippen LogP contribution >= 0.6 is 11.6 Å². The molecule has 4 heteroatoms. The third kappa shape index (κ3) is 2.72. The molecule has 0 fully saturated rings. The molecule has 3 nitrogen and oxygen atoms in total. The highest BCUT2D eigenvalue weighted by atomic mass is 35.5. The van der Waals surface area contributed by atoms with E-state index in [1.54, 1.807) is 4.90 Å². The van der Waals surface area contributed by atoms with Crippen molar-refractivity contribution in [3.63, 3.8) is 0 Å². The maximum absolute atomic E-state index is 11.6. The van der Waals surface area contributed by atoms with Gasteiger partial charge >= 0.3 is 0 Å². The summed E-state index contributed by atoms with van der Waals surface area (Å²) in [6, 6.07) is 4.35. The van der Waals surface area contributed by atoms with Crippen molar-refractivity contribution >= 4 is 17.4 Å². The number of benzene rings is 1. The van der Waals surface area contributed by atoms with E-state index >= 15 is 0 Å². The van der Waals surface area contributed by atoms with Crippen molar-refractivity contribution in [2.75, 3.05) is 20.6 Å². The van der Waals surface area contributed by atoms with Crippen LogP contribution in [0.5, 0.6) is 5.75 Å². The number of nitrogens with zero attached hydrogens (tertiary/aromatic N) is 1. The number of carbonyl (C=O) groups is 1. The quantitative estimate of drug-likeness (QED) is 0.779. The fourth-order valence-electron chi connectivity index (χ4n) is 1.10. The average molecular weight is 214 g/mol. The summed E-state index contributed by atoms with van der Waals surface area (Å²) < 4.78 is 0. The summed E-state index contributed by atoms with van der Waals surface area (Å²) in [5, 5.41) is 9.38. The molecule has 1 N–H and O–H groups in total. The summed E-state index contributed by atoms with van der Waals surface area (Å²) in [4.78, 5) is 13.3. The van der Waals surface area contributed by atoms with E-state index in [9.17, 15) is 4.79 Å². The highest BCUT2D eigenvalue weighted by Gasteiger charge is 2.11. The Balaban J connectivity index is 2.90. The van der Waals surface area contributed by atoms with Crippen LogP contribution in [0.1, 0.15) is 10.4 Å². The van der Waals surface area contributed by atoms with Crippen LogP contribution < -0.4 is 0 Å². The molecule has 0 aromatic heterocycles. The number of Topliss-reactive ketones (excluding diaryl/α,β-unsaturated/α-hetero) is 1. The number of ketones is 1. The summed E-state index contributed by atoms with van der Waals surface area (Å²) in [5.41, 5.74) is 0.443. The van der Waals surface area contributed by atoms with Gasteiger partial charge in [0.2, 0.25) is 0 Å². The van der Waals surface area contributed by atoms with Gasteiger partial charge in [0.25, 0.3) is 0 Å². The fraction of sp³-hybridized carbons (Fsp3) is 0.300. The number of likely N-dealkylation sites (N-methyl/N-ethyl adjacent to an activating group) is 1. The second-order valence-corrected chi connectivity index (χ2v) is 3.73. The molecule has 0 aliphatic carbocycles. The first-order chi connectivity index (χ1) is 6.50. The monoisotopic (exact) mass is 213 g/mol. The Bertz CT molecular complexity index is 350. The van der Waals surface area contributed by atoms with Gasteiger partial charge in [0, 0.05) is 5.56 Å². The smallest absolute Gasteiger partial charge is 0.178 e. The van der Waals surface area contributed by atoms with Gasteiger partial charge in [0.05, 0.1) is 11.6 Å². The molecule has 0 saturated carbocycles. The normalized spacial score (nSPS) is 10.6. The van der Waals surface area contributed by atoms with E-state index in [1.165, 1.54) is 18.2 Å². The lowest BCUT2D eigenvalue weighted by molar-refractivity contribution is 0.0958. The van der Waals surface area contributed by atoms with Gasteiger partial charge in [0.1, 0.15) is 5.75 Å². The maximum Gasteiger partial charge on any atom is 0.178 e. The molecule has 0 radical (unpaired) electrons. The highest BCUT2D eigenvalue weighted by Crippen LogP contribution is 2.21. The first kappa shape index (κ1) is 11.0. The summed E-state index contributed by atoms with van der Waals surface area (Å²) in [6.07, 6.45) is 0. The molecule has 76 valence electrons. The third-order valence-corrected chi connectivity index (χ3v) is 2.03. The number of aromatic hydroxyl groups is 1. The lowest BCUT2D eigenvalue weighted by Crippen LogP contribution is -2.21. The van der Waals surface area contributed by atoms with Crippen molar-refractivity contribution in [2.24, 2.45) is 0 Å². The Hall–Kier alpha value is -1.06. The molecule has 0 aliphatic rings. The number of rotatable bonds is 3. The minimum absolute atomic E-state index is 0.0556. The Labute approximate surface area is 87.9 Å². The second kappa shape index (κ2) is 4.44. The zero-order valence-corrected chi connectivity index (χ0v) is 8.88. The van der Waals surface area contributed by atoms with Crippen molar-refractivity contribution in [3.8, 4) is 5.75 Å². The Kier molecular flexibility index (Phi) is 3.49. The van der Waals surface area contributed by atoms with Crippen LogP contribution in [0.25, 0.3) is 0 Å². The van der Waals surface area contributed by atoms with Gasteiger partial charge in [-0.15, -0.1) is 0 Å². The van der Waals surface area contributed by atoms with E-state index in [-0.39, 0.29) is 16.6 Å². The number of halogens is 1. The standard InChI is InChI=1S/C10H12ClNO2/c1-12(2)6-10(14)8-4-3-7(13)5-9(8)11/h3-5,13H,6H2,1-2H3. The van der Waals surface area contributed by atoms with E-state index in [1.807, 2.05) is 14.1 Å². The first-order valence-corrected chi connectivity index (χ1v) is 4.55. The van der Waals surface area contributed by atoms with Gasteiger partial charge in [0.15, 0.2) is 5.78 Å². The van der Waals surface area contributed by atoms with Crippen LogP contribution in [0.2, 0.25) is 5.02 Å². The SMILES string of the molecule is CN(C)CC(=O)c1ccc(O)cc1Cl. The van der Waals surface area contributed by atoms with Gasteiger partial charge < -0.3 is 10.0 Å². The molecule has 0 aliphatic heterocycles. The molecule has 1 aromatic carbocycles. The Morgan fingerprint density at radius 3 is 2.64 bits per heavy atom. The van der Waals surface area contributed by atoms with Crippen LogP contribution in [-0.2, 0) is 0 Å². The largest absolute Gasteiger partial charge is 0.508 e. The molecule has 14 heavy (non-hydrogen) atoms. The number of hydrogen-bond acceptors (Lipinski definition) is 3. The lowest BCUT2D eigenvalue weighted by atomic mass is 10.1. The van der Waals surface area contributed by atoms with E-state index in [0.29, 0.717) is 12.1 Å². The maximum atomic E-state index is 11.6. The number of phenolic OH excluding ortho intramolecular Hbond substituents is 1. The Morgan fingerprint density at radius 2 is 2.14 bits per heavy atom. The van der Waals surface area contributed by atoms with Gasteiger partial charge in [-0.1, -0.05) is 11.6 Å². The van der Waals surface area contributed by atoms with Crippen molar-refractivity contribution in [1.29, 1.82) is 0 Å². The molecule has 0 unspecified atom stereocenters. The number of hydrogen-bond donors (Lipinski definition) is 1. The molecule has 0 spiro atoms. The van der Waals surface area contributed by atoms with Crippen LogP contribution in [0, 0.1) is 0 Å². The van der Waals surface area contributed by atoms with Gasteiger partial charge in [-0.2, -0.15) is 0 Å². The molecule has 0 heterocycles. The van der Waals surface area contributed by atoms with Crippen LogP contribution in [0.15, 0.2) is 18.2 Å². The van der Waals surface area contributed by atoms with E-state index in [4.69, 9.17) is 16.7 Å². The number of phenols is 1. The molecule has 1 rings (SSSR count). The number of carbonyl (C=O) groups excluding carboxylic acids is 1. The van der Waals surface area contributed by atoms with E-state index in [0.717, 1.165) is 0 Å². The lowest BCUT2D eigenvalue weighted by Gasteiger charge is -2.09. The molecule has 1 aromatic rings. The van der Waals surface area contributed by atoms with Crippen LogP contribution in [0.3, 0.4) is 0 Å². The molecule has 0 amide bonds. The predicted molar refractivity (Wildman–Crippen MR) is 56.0 cm³/mol. The molecular weight excluding hydrogens is 202 g/mol.